The van der Waals surface area contributed by atoms with Crippen LogP contribution in [0.1, 0.15) is 24.2 Å². The smallest absolute Gasteiger partial charge is 0.339 e. The van der Waals surface area contributed by atoms with Gasteiger partial charge in [-0.25, -0.2) is 14.8 Å². The number of hydrogen-bond donors (Lipinski definition) is 1. The molecule has 5 nitrogen and oxygen atoms in total. The van der Waals surface area contributed by atoms with E-state index >= 15 is 0 Å². The maximum absolute atomic E-state index is 11.1. The minimum Gasteiger partial charge on any atom is -0.491 e. The minimum atomic E-state index is -1.04. The van der Waals surface area contributed by atoms with Crippen molar-refractivity contribution in [3.8, 4) is 17.0 Å². The molecule has 0 radical (unpaired) electrons. The molecule has 0 saturated carbocycles. The van der Waals surface area contributed by atoms with E-state index in [-0.39, 0.29) is 11.7 Å². The molecule has 0 spiro atoms. The van der Waals surface area contributed by atoms with E-state index in [0.717, 1.165) is 11.3 Å². The first-order valence-electron chi connectivity index (χ1n) is 5.88. The summed E-state index contributed by atoms with van der Waals surface area (Å²) in [6.45, 7) is 3.89. The highest BCUT2D eigenvalue weighted by molar-refractivity contribution is 5.94. The Kier molecular flexibility index (Phi) is 3.75. The van der Waals surface area contributed by atoms with Gasteiger partial charge in [-0.2, -0.15) is 0 Å². The highest BCUT2D eigenvalue weighted by atomic mass is 16.5. The molecule has 0 aliphatic carbocycles. The van der Waals surface area contributed by atoms with Gasteiger partial charge in [-0.05, 0) is 38.1 Å². The molecule has 2 aromatic rings. The van der Waals surface area contributed by atoms with Gasteiger partial charge in [0.2, 0.25) is 0 Å². The third-order valence-corrected chi connectivity index (χ3v) is 2.44. The van der Waals surface area contributed by atoms with Crippen LogP contribution in [0.2, 0.25) is 0 Å². The van der Waals surface area contributed by atoms with Crippen molar-refractivity contribution in [1.82, 2.24) is 9.97 Å². The maximum atomic E-state index is 11.1. The van der Waals surface area contributed by atoms with Crippen molar-refractivity contribution in [1.29, 1.82) is 0 Å². The third kappa shape index (κ3) is 3.07. The first-order valence-corrected chi connectivity index (χ1v) is 5.88. The second kappa shape index (κ2) is 5.48. The average Bonchev–Trinajstić information content (AvgIpc) is 2.39. The van der Waals surface area contributed by atoms with Gasteiger partial charge in [-0.1, -0.05) is 0 Å². The summed E-state index contributed by atoms with van der Waals surface area (Å²) < 4.78 is 5.53. The van der Waals surface area contributed by atoms with Gasteiger partial charge in [0.15, 0.2) is 0 Å². The van der Waals surface area contributed by atoms with E-state index in [0.29, 0.717) is 5.69 Å². The Morgan fingerprint density at radius 2 is 1.95 bits per heavy atom. The number of ether oxygens (including phenoxy) is 1. The molecule has 2 rings (SSSR count). The molecule has 19 heavy (non-hydrogen) atoms. The Bertz CT molecular complexity index is 579. The summed E-state index contributed by atoms with van der Waals surface area (Å²) in [6.07, 6.45) is 2.73. The number of carbonyl (C=O) groups is 1. The summed E-state index contributed by atoms with van der Waals surface area (Å²) in [5, 5.41) is 9.10. The zero-order valence-electron chi connectivity index (χ0n) is 10.7. The quantitative estimate of drug-likeness (QED) is 0.912. The van der Waals surface area contributed by atoms with Gasteiger partial charge < -0.3 is 9.84 Å². The Balaban J connectivity index is 2.35. The first-order chi connectivity index (χ1) is 9.08. The second-order valence-corrected chi connectivity index (χ2v) is 4.28. The van der Waals surface area contributed by atoms with Crippen LogP contribution in [-0.2, 0) is 0 Å². The predicted octanol–water partition coefficient (Wildman–Crippen LogP) is 2.63. The number of carboxylic acids is 1. The molecule has 98 valence electrons. The highest BCUT2D eigenvalue weighted by Gasteiger charge is 2.13. The number of benzene rings is 1. The van der Waals surface area contributed by atoms with Crippen LogP contribution in [-0.4, -0.2) is 27.1 Å². The number of carboxylic acid groups (broad SMARTS) is 1. The Morgan fingerprint density at radius 3 is 2.53 bits per heavy atom. The molecule has 5 heteroatoms. The van der Waals surface area contributed by atoms with Gasteiger partial charge in [0.25, 0.3) is 0 Å². The normalized spacial score (nSPS) is 10.5. The van der Waals surface area contributed by atoms with Crippen molar-refractivity contribution in [2.75, 3.05) is 0 Å². The van der Waals surface area contributed by atoms with Crippen LogP contribution in [0.4, 0.5) is 0 Å². The fraction of sp³-hybridized carbons (Fsp3) is 0.214. The highest BCUT2D eigenvalue weighted by Crippen LogP contribution is 2.23. The van der Waals surface area contributed by atoms with E-state index < -0.39 is 5.97 Å². The molecule has 0 unspecified atom stereocenters. The van der Waals surface area contributed by atoms with Crippen LogP contribution in [0.15, 0.2) is 36.8 Å². The lowest BCUT2D eigenvalue weighted by molar-refractivity contribution is 0.0697. The molecule has 0 saturated heterocycles. The topological polar surface area (TPSA) is 72.3 Å². The standard InChI is InChI=1S/C14H14N2O3/c1-9(2)19-11-5-3-10(4-6-11)13-12(14(17)18)7-15-8-16-13/h3-9H,1-2H3,(H,17,18). The van der Waals surface area contributed by atoms with E-state index in [4.69, 9.17) is 9.84 Å². The van der Waals surface area contributed by atoms with Gasteiger partial charge in [0.05, 0.1) is 11.8 Å². The summed E-state index contributed by atoms with van der Waals surface area (Å²) in [4.78, 5) is 18.9. The second-order valence-electron chi connectivity index (χ2n) is 4.28. The fourth-order valence-electron chi connectivity index (χ4n) is 1.68. The molecule has 0 atom stereocenters. The molecule has 1 aromatic carbocycles. The van der Waals surface area contributed by atoms with Gasteiger partial charge in [-0.15, -0.1) is 0 Å². The van der Waals surface area contributed by atoms with E-state index in [2.05, 4.69) is 9.97 Å². The SMILES string of the molecule is CC(C)Oc1ccc(-c2ncncc2C(=O)O)cc1. The first kappa shape index (κ1) is 13.0. The van der Waals surface area contributed by atoms with Crippen molar-refractivity contribution >= 4 is 5.97 Å². The third-order valence-electron chi connectivity index (χ3n) is 2.44. The number of rotatable bonds is 4. The zero-order chi connectivity index (χ0) is 13.8. The van der Waals surface area contributed by atoms with E-state index in [1.807, 2.05) is 13.8 Å². The summed E-state index contributed by atoms with van der Waals surface area (Å²) >= 11 is 0. The molecule has 1 aromatic heterocycles. The van der Waals surface area contributed by atoms with Crippen LogP contribution in [0, 0.1) is 0 Å². The molecule has 1 heterocycles. The van der Waals surface area contributed by atoms with Crippen molar-refractivity contribution < 1.29 is 14.6 Å². The van der Waals surface area contributed by atoms with E-state index in [1.165, 1.54) is 12.5 Å². The molecule has 0 aliphatic heterocycles. The van der Waals surface area contributed by atoms with Crippen LogP contribution < -0.4 is 4.74 Å². The van der Waals surface area contributed by atoms with E-state index in [1.54, 1.807) is 24.3 Å². The van der Waals surface area contributed by atoms with Crippen molar-refractivity contribution in [3.05, 3.63) is 42.4 Å². The van der Waals surface area contributed by atoms with Gasteiger partial charge in [0.1, 0.15) is 17.6 Å². The van der Waals surface area contributed by atoms with Gasteiger partial charge in [-0.3, -0.25) is 0 Å². The molecule has 0 fully saturated rings. The minimum absolute atomic E-state index is 0.0834. The lowest BCUT2D eigenvalue weighted by Gasteiger charge is -2.10. The molecular formula is C14H14N2O3. The van der Waals surface area contributed by atoms with Crippen LogP contribution >= 0.6 is 0 Å². The summed E-state index contributed by atoms with van der Waals surface area (Å²) in [6, 6.07) is 7.16. The molecule has 0 aliphatic rings. The number of hydrogen-bond acceptors (Lipinski definition) is 4. The Hall–Kier alpha value is -2.43. The summed E-state index contributed by atoms with van der Waals surface area (Å²) in [7, 11) is 0. The maximum Gasteiger partial charge on any atom is 0.339 e. The van der Waals surface area contributed by atoms with Crippen LogP contribution in [0.3, 0.4) is 0 Å². The van der Waals surface area contributed by atoms with Gasteiger partial charge >= 0.3 is 5.97 Å². The average molecular weight is 258 g/mol. The molecular weight excluding hydrogens is 244 g/mol. The number of aromatic nitrogens is 2. The number of nitrogens with zero attached hydrogens (tertiary/aromatic N) is 2. The zero-order valence-corrected chi connectivity index (χ0v) is 10.7. The van der Waals surface area contributed by atoms with Crippen molar-refractivity contribution in [2.45, 2.75) is 20.0 Å². The van der Waals surface area contributed by atoms with Gasteiger partial charge in [0, 0.05) is 11.8 Å². The molecule has 1 N–H and O–H groups in total. The monoisotopic (exact) mass is 258 g/mol. The van der Waals surface area contributed by atoms with Crippen molar-refractivity contribution in [3.63, 3.8) is 0 Å². The van der Waals surface area contributed by atoms with Crippen LogP contribution in [0.25, 0.3) is 11.3 Å². The summed E-state index contributed by atoms with van der Waals surface area (Å²) in [5.41, 5.74) is 1.20. The van der Waals surface area contributed by atoms with Crippen molar-refractivity contribution in [2.24, 2.45) is 0 Å². The molecule has 0 bridgehead atoms. The van der Waals surface area contributed by atoms with Crippen LogP contribution in [0.5, 0.6) is 5.75 Å². The lowest BCUT2D eigenvalue weighted by Crippen LogP contribution is -2.05. The predicted molar refractivity (Wildman–Crippen MR) is 70.2 cm³/mol. The fourth-order valence-corrected chi connectivity index (χ4v) is 1.68. The molecule has 0 amide bonds. The largest absolute Gasteiger partial charge is 0.491 e. The summed E-state index contributed by atoms with van der Waals surface area (Å²) in [5.74, 6) is -0.303. The Labute approximate surface area is 110 Å². The van der Waals surface area contributed by atoms with E-state index in [9.17, 15) is 4.79 Å². The lowest BCUT2D eigenvalue weighted by atomic mass is 10.1. The Morgan fingerprint density at radius 1 is 1.26 bits per heavy atom. The number of aromatic carboxylic acids is 1.